The molecule has 6 heteroatoms. The smallest absolute Gasteiger partial charge is 0.337 e. The van der Waals surface area contributed by atoms with E-state index >= 15 is 0 Å². The number of benzene rings is 1. The van der Waals surface area contributed by atoms with Gasteiger partial charge in [-0.05, 0) is 12.1 Å². The maximum Gasteiger partial charge on any atom is 0.337 e. The van der Waals surface area contributed by atoms with Gasteiger partial charge in [0.05, 0.1) is 30.9 Å². The molecule has 0 saturated carbocycles. The molecule has 0 fully saturated rings. The van der Waals surface area contributed by atoms with E-state index in [0.29, 0.717) is 6.29 Å². The number of aromatic hydroxyl groups is 1. The summed E-state index contributed by atoms with van der Waals surface area (Å²) in [6, 6.07) is 1.61. The zero-order valence-electron chi connectivity index (χ0n) is 9.21. The number of esters is 1. The Bertz CT molecular complexity index is 444. The summed E-state index contributed by atoms with van der Waals surface area (Å²) in [4.78, 5) is 22.1. The average Bonchev–Trinajstić information content (AvgIpc) is 2.37. The van der Waals surface area contributed by atoms with Gasteiger partial charge in [-0.2, -0.15) is 0 Å². The monoisotopic (exact) mass is 239 g/mol. The molecule has 1 aromatic rings. The van der Waals surface area contributed by atoms with Gasteiger partial charge >= 0.3 is 5.97 Å². The molecule has 0 aliphatic carbocycles. The predicted molar refractivity (Wildman–Crippen MR) is 58.8 cm³/mol. The van der Waals surface area contributed by atoms with Gasteiger partial charge in [-0.25, -0.2) is 4.79 Å². The molecule has 0 aliphatic rings. The van der Waals surface area contributed by atoms with Crippen molar-refractivity contribution < 1.29 is 24.5 Å². The Hall–Kier alpha value is -1.92. The summed E-state index contributed by atoms with van der Waals surface area (Å²) in [5, 5.41) is 18.6. The van der Waals surface area contributed by atoms with Crippen molar-refractivity contribution in [2.45, 2.75) is 6.04 Å². The minimum atomic E-state index is -0.877. The van der Waals surface area contributed by atoms with Crippen LogP contribution in [0.25, 0.3) is 0 Å². The molecular formula is C11H13NO5. The zero-order valence-corrected chi connectivity index (χ0v) is 9.21. The molecule has 1 aromatic carbocycles. The molecule has 0 unspecified atom stereocenters. The summed E-state index contributed by atoms with van der Waals surface area (Å²) in [5.74, 6) is -0.992. The van der Waals surface area contributed by atoms with Gasteiger partial charge in [-0.15, -0.1) is 0 Å². The summed E-state index contributed by atoms with van der Waals surface area (Å²) >= 11 is 0. The number of phenolic OH excluding ortho intramolecular Hbond substituents is 1. The first-order chi connectivity index (χ1) is 8.04. The molecule has 0 bridgehead atoms. The number of phenols is 1. The van der Waals surface area contributed by atoms with Crippen LogP contribution in [0.3, 0.4) is 0 Å². The number of carbonyl (C=O) groups excluding carboxylic acids is 2. The third-order valence-electron chi connectivity index (χ3n) is 2.31. The number of aldehydes is 1. The highest BCUT2D eigenvalue weighted by Crippen LogP contribution is 2.28. The molecule has 1 atom stereocenters. The molecule has 0 saturated heterocycles. The van der Waals surface area contributed by atoms with E-state index in [1.165, 1.54) is 19.2 Å². The molecule has 0 heterocycles. The second-order valence-corrected chi connectivity index (χ2v) is 3.40. The van der Waals surface area contributed by atoms with E-state index in [4.69, 9.17) is 10.8 Å². The lowest BCUT2D eigenvalue weighted by molar-refractivity contribution is 0.0600. The van der Waals surface area contributed by atoms with Crippen LogP contribution in [0.2, 0.25) is 0 Å². The van der Waals surface area contributed by atoms with E-state index in [1.807, 2.05) is 0 Å². The summed E-state index contributed by atoms with van der Waals surface area (Å²) in [6.45, 7) is -0.420. The first-order valence-electron chi connectivity index (χ1n) is 4.82. The van der Waals surface area contributed by atoms with Crippen molar-refractivity contribution in [2.24, 2.45) is 5.73 Å². The van der Waals surface area contributed by atoms with Crippen LogP contribution in [-0.2, 0) is 4.74 Å². The van der Waals surface area contributed by atoms with E-state index in [9.17, 15) is 14.7 Å². The second-order valence-electron chi connectivity index (χ2n) is 3.40. The van der Waals surface area contributed by atoms with Crippen LogP contribution in [0.5, 0.6) is 5.75 Å². The van der Waals surface area contributed by atoms with E-state index < -0.39 is 18.6 Å². The Morgan fingerprint density at radius 2 is 2.24 bits per heavy atom. The van der Waals surface area contributed by atoms with Crippen LogP contribution in [0.4, 0.5) is 0 Å². The first-order valence-corrected chi connectivity index (χ1v) is 4.82. The van der Waals surface area contributed by atoms with Crippen LogP contribution in [0, 0.1) is 0 Å². The summed E-state index contributed by atoms with van der Waals surface area (Å²) in [5.41, 5.74) is 5.69. The third-order valence-corrected chi connectivity index (χ3v) is 2.31. The molecular weight excluding hydrogens is 226 g/mol. The Kier molecular flexibility index (Phi) is 4.19. The number of hydrogen-bond donors (Lipinski definition) is 3. The van der Waals surface area contributed by atoms with Crippen molar-refractivity contribution in [2.75, 3.05) is 13.7 Å². The van der Waals surface area contributed by atoms with Gasteiger partial charge in [0.15, 0.2) is 6.29 Å². The van der Waals surface area contributed by atoms with Crippen LogP contribution >= 0.6 is 0 Å². The summed E-state index contributed by atoms with van der Waals surface area (Å²) < 4.78 is 4.50. The molecule has 17 heavy (non-hydrogen) atoms. The zero-order chi connectivity index (χ0) is 13.0. The van der Waals surface area contributed by atoms with E-state index in [0.717, 1.165) is 0 Å². The van der Waals surface area contributed by atoms with Gasteiger partial charge in [-0.1, -0.05) is 0 Å². The quantitative estimate of drug-likeness (QED) is 0.503. The number of aliphatic hydroxyl groups excluding tert-OH is 1. The van der Waals surface area contributed by atoms with Gasteiger partial charge < -0.3 is 20.7 Å². The highest BCUT2D eigenvalue weighted by Gasteiger charge is 2.18. The SMILES string of the molecule is COC(=O)c1cc(C=O)c(O)c([C@H](N)CO)c1. The predicted octanol–water partition coefficient (Wildman–Crippen LogP) is -0.0166. The Morgan fingerprint density at radius 1 is 1.59 bits per heavy atom. The summed E-state index contributed by atoms with van der Waals surface area (Å²) in [6.07, 6.45) is 0.398. The average molecular weight is 239 g/mol. The highest BCUT2D eigenvalue weighted by molar-refractivity contribution is 5.93. The number of aliphatic hydroxyl groups is 1. The number of rotatable bonds is 4. The number of ether oxygens (including phenoxy) is 1. The molecule has 0 amide bonds. The van der Waals surface area contributed by atoms with E-state index in [1.54, 1.807) is 0 Å². The van der Waals surface area contributed by atoms with Gasteiger partial charge in [0, 0.05) is 5.56 Å². The Morgan fingerprint density at radius 3 is 2.71 bits per heavy atom. The minimum absolute atomic E-state index is 0.0770. The van der Waals surface area contributed by atoms with Gasteiger partial charge in [-0.3, -0.25) is 4.79 Å². The normalized spacial score (nSPS) is 11.9. The molecule has 0 aliphatic heterocycles. The van der Waals surface area contributed by atoms with Crippen molar-refractivity contribution >= 4 is 12.3 Å². The maximum absolute atomic E-state index is 11.3. The van der Waals surface area contributed by atoms with Crippen molar-refractivity contribution in [1.29, 1.82) is 0 Å². The Balaban J connectivity index is 3.38. The van der Waals surface area contributed by atoms with Crippen molar-refractivity contribution in [3.8, 4) is 5.75 Å². The standard InChI is InChI=1S/C11H13NO5/c1-17-11(16)6-2-7(4-13)10(15)8(3-6)9(12)5-14/h2-4,9,14-15H,5,12H2,1H3/t9-/m1/s1. The lowest BCUT2D eigenvalue weighted by Crippen LogP contribution is -2.16. The van der Waals surface area contributed by atoms with Crippen molar-refractivity contribution in [1.82, 2.24) is 0 Å². The fourth-order valence-corrected chi connectivity index (χ4v) is 1.39. The molecule has 4 N–H and O–H groups in total. The maximum atomic E-state index is 11.3. The Labute approximate surface area is 97.6 Å². The first kappa shape index (κ1) is 13.1. The molecule has 0 spiro atoms. The van der Waals surface area contributed by atoms with E-state index in [-0.39, 0.29) is 22.4 Å². The molecule has 6 nitrogen and oxygen atoms in total. The van der Waals surface area contributed by atoms with Gasteiger partial charge in [0.1, 0.15) is 5.75 Å². The lowest BCUT2D eigenvalue weighted by Gasteiger charge is -2.13. The highest BCUT2D eigenvalue weighted by atomic mass is 16.5. The van der Waals surface area contributed by atoms with Crippen LogP contribution in [0.1, 0.15) is 32.3 Å². The van der Waals surface area contributed by atoms with Crippen molar-refractivity contribution in [3.05, 3.63) is 28.8 Å². The fourth-order valence-electron chi connectivity index (χ4n) is 1.39. The van der Waals surface area contributed by atoms with Crippen molar-refractivity contribution in [3.63, 3.8) is 0 Å². The number of methoxy groups -OCH3 is 1. The topological polar surface area (TPSA) is 110 Å². The molecule has 92 valence electrons. The van der Waals surface area contributed by atoms with Gasteiger partial charge in [0.25, 0.3) is 0 Å². The molecule has 1 rings (SSSR count). The minimum Gasteiger partial charge on any atom is -0.507 e. The van der Waals surface area contributed by atoms with E-state index in [2.05, 4.69) is 4.74 Å². The molecule has 0 aromatic heterocycles. The number of hydrogen-bond acceptors (Lipinski definition) is 6. The van der Waals surface area contributed by atoms with Crippen LogP contribution < -0.4 is 5.73 Å². The third kappa shape index (κ3) is 2.61. The number of nitrogens with two attached hydrogens (primary N) is 1. The summed E-state index contributed by atoms with van der Waals surface area (Å²) in [7, 11) is 1.20. The number of carbonyl (C=O) groups is 2. The lowest BCUT2D eigenvalue weighted by atomic mass is 10.00. The fraction of sp³-hybridized carbons (Fsp3) is 0.273. The van der Waals surface area contributed by atoms with Crippen LogP contribution in [-0.4, -0.2) is 36.2 Å². The van der Waals surface area contributed by atoms with Crippen LogP contribution in [0.15, 0.2) is 12.1 Å². The second kappa shape index (κ2) is 5.42. The largest absolute Gasteiger partial charge is 0.507 e. The van der Waals surface area contributed by atoms with Gasteiger partial charge in [0.2, 0.25) is 0 Å². The molecule has 0 radical (unpaired) electrons.